The molecule has 10 nitrogen and oxygen atoms in total. The molecule has 2 fully saturated rings. The summed E-state index contributed by atoms with van der Waals surface area (Å²) in [5.74, 6) is 1.67. The zero-order valence-electron chi connectivity index (χ0n) is 19.1. The lowest BCUT2D eigenvalue weighted by Gasteiger charge is -2.30. The quantitative estimate of drug-likeness (QED) is 0.588. The molecule has 0 bridgehead atoms. The van der Waals surface area contributed by atoms with E-state index in [2.05, 4.69) is 25.2 Å². The second-order valence-electron chi connectivity index (χ2n) is 8.44. The molecule has 1 aliphatic carbocycles. The molecule has 10 heteroatoms. The number of hydrogen-bond donors (Lipinski definition) is 1. The van der Waals surface area contributed by atoms with Crippen molar-refractivity contribution in [2.75, 3.05) is 38.3 Å². The molecule has 0 atom stereocenters. The van der Waals surface area contributed by atoms with E-state index in [4.69, 9.17) is 19.2 Å². The first-order valence-corrected chi connectivity index (χ1v) is 11.6. The van der Waals surface area contributed by atoms with Gasteiger partial charge in [-0.1, -0.05) is 0 Å². The van der Waals surface area contributed by atoms with Crippen LogP contribution in [0.2, 0.25) is 0 Å². The van der Waals surface area contributed by atoms with Gasteiger partial charge in [0.1, 0.15) is 11.9 Å². The van der Waals surface area contributed by atoms with E-state index in [0.29, 0.717) is 25.0 Å². The third kappa shape index (κ3) is 5.01. The molecule has 0 aromatic carbocycles. The third-order valence-corrected chi connectivity index (χ3v) is 6.22. The van der Waals surface area contributed by atoms with Crippen LogP contribution in [0.3, 0.4) is 0 Å². The van der Waals surface area contributed by atoms with Crippen LogP contribution in [0.5, 0.6) is 11.8 Å². The fraction of sp³-hybridized carbons (Fsp3) is 0.458. The minimum absolute atomic E-state index is 0.0251. The van der Waals surface area contributed by atoms with Crippen LogP contribution in [0.1, 0.15) is 36.3 Å². The lowest BCUT2D eigenvalue weighted by molar-refractivity contribution is 0.0880. The Labute approximate surface area is 197 Å². The number of fused-ring (bicyclic) bond motifs is 1. The number of methoxy groups -OCH3 is 1. The van der Waals surface area contributed by atoms with E-state index in [0.717, 1.165) is 55.5 Å². The van der Waals surface area contributed by atoms with Crippen molar-refractivity contribution < 1.29 is 19.0 Å². The van der Waals surface area contributed by atoms with Gasteiger partial charge in [-0.05, 0) is 37.8 Å². The number of carbonyl (C=O) groups is 1. The molecular weight excluding hydrogens is 436 g/mol. The average molecular weight is 465 g/mol. The first-order chi connectivity index (χ1) is 16.7. The summed E-state index contributed by atoms with van der Waals surface area (Å²) >= 11 is 0. The summed E-state index contributed by atoms with van der Waals surface area (Å²) in [6, 6.07) is 7.57. The molecule has 1 saturated carbocycles. The van der Waals surface area contributed by atoms with Crippen LogP contribution < -0.4 is 19.7 Å². The van der Waals surface area contributed by atoms with E-state index in [1.165, 1.54) is 13.3 Å². The van der Waals surface area contributed by atoms with E-state index >= 15 is 0 Å². The first-order valence-electron chi connectivity index (χ1n) is 11.6. The Hall–Kier alpha value is -3.53. The number of pyridine rings is 2. The van der Waals surface area contributed by atoms with Crippen LogP contribution in [-0.2, 0) is 4.74 Å². The van der Waals surface area contributed by atoms with Crippen molar-refractivity contribution in [2.24, 2.45) is 0 Å². The van der Waals surface area contributed by atoms with Crippen LogP contribution >= 0.6 is 0 Å². The van der Waals surface area contributed by atoms with Crippen molar-refractivity contribution in [2.45, 2.75) is 37.8 Å². The Morgan fingerprint density at radius 2 is 1.91 bits per heavy atom. The van der Waals surface area contributed by atoms with E-state index in [1.54, 1.807) is 12.3 Å². The summed E-state index contributed by atoms with van der Waals surface area (Å²) in [6.45, 7) is 2.97. The molecule has 0 spiro atoms. The third-order valence-electron chi connectivity index (χ3n) is 6.22. The van der Waals surface area contributed by atoms with Crippen molar-refractivity contribution in [3.8, 4) is 11.8 Å². The molecule has 3 aromatic rings. The molecule has 1 saturated heterocycles. The number of anilines is 1. The number of ether oxygens (including phenoxy) is 3. The van der Waals surface area contributed by atoms with Crippen LogP contribution in [0, 0.1) is 0 Å². The second-order valence-corrected chi connectivity index (χ2v) is 8.44. The molecular formula is C24H28N6O4. The molecule has 34 heavy (non-hydrogen) atoms. The van der Waals surface area contributed by atoms with Gasteiger partial charge in [0, 0.05) is 43.7 Å². The van der Waals surface area contributed by atoms with Crippen LogP contribution in [0.25, 0.3) is 10.9 Å². The lowest BCUT2D eigenvalue weighted by Crippen LogP contribution is -2.40. The highest BCUT2D eigenvalue weighted by Crippen LogP contribution is 2.31. The van der Waals surface area contributed by atoms with Gasteiger partial charge in [-0.25, -0.2) is 4.98 Å². The number of amides is 1. The molecule has 5 rings (SSSR count). The molecule has 178 valence electrons. The van der Waals surface area contributed by atoms with Crippen molar-refractivity contribution >= 4 is 22.6 Å². The fourth-order valence-electron chi connectivity index (χ4n) is 4.37. The van der Waals surface area contributed by atoms with Gasteiger partial charge in [-0.15, -0.1) is 0 Å². The number of aromatic nitrogens is 4. The Morgan fingerprint density at radius 3 is 2.71 bits per heavy atom. The average Bonchev–Trinajstić information content (AvgIpc) is 2.90. The lowest BCUT2D eigenvalue weighted by atomic mass is 9.93. The van der Waals surface area contributed by atoms with Crippen LogP contribution in [-0.4, -0.2) is 71.4 Å². The Balaban J connectivity index is 1.23. The molecule has 1 amide bonds. The van der Waals surface area contributed by atoms with Crippen molar-refractivity contribution in [3.63, 3.8) is 0 Å². The van der Waals surface area contributed by atoms with Gasteiger partial charge < -0.3 is 24.4 Å². The van der Waals surface area contributed by atoms with Gasteiger partial charge in [0.15, 0.2) is 0 Å². The van der Waals surface area contributed by atoms with Gasteiger partial charge in [0.25, 0.3) is 5.91 Å². The predicted octanol–water partition coefficient (Wildman–Crippen LogP) is 2.38. The minimum atomic E-state index is -0.291. The highest BCUT2D eigenvalue weighted by atomic mass is 16.5. The summed E-state index contributed by atoms with van der Waals surface area (Å²) < 4.78 is 17.0. The van der Waals surface area contributed by atoms with E-state index in [-0.39, 0.29) is 23.9 Å². The SMILES string of the molecule is COc1ccnc(C(=O)NC2CCC(Oc3nc(N4CCOCC4)cc4ncccc34)CC2)n1. The molecule has 0 unspecified atom stereocenters. The summed E-state index contributed by atoms with van der Waals surface area (Å²) in [5.41, 5.74) is 0.869. The van der Waals surface area contributed by atoms with E-state index < -0.39 is 0 Å². The highest BCUT2D eigenvalue weighted by molar-refractivity contribution is 5.90. The zero-order chi connectivity index (χ0) is 23.3. The maximum absolute atomic E-state index is 12.5. The van der Waals surface area contributed by atoms with Crippen molar-refractivity contribution in [3.05, 3.63) is 42.5 Å². The smallest absolute Gasteiger partial charge is 0.289 e. The zero-order valence-corrected chi connectivity index (χ0v) is 19.1. The standard InChI is InChI=1S/C24H28N6O4/c1-32-21-8-10-26-22(29-21)23(31)27-16-4-6-17(7-5-16)34-24-18-3-2-9-25-19(18)15-20(28-24)30-11-13-33-14-12-30/h2-3,8-10,15-17H,4-7,11-14H2,1H3,(H,27,31). The number of morpholine rings is 1. The van der Waals surface area contributed by atoms with E-state index in [1.807, 2.05) is 18.2 Å². The van der Waals surface area contributed by atoms with Crippen molar-refractivity contribution in [1.82, 2.24) is 25.3 Å². The molecule has 2 aliphatic rings. The second kappa shape index (κ2) is 10.2. The fourth-order valence-corrected chi connectivity index (χ4v) is 4.37. The Kier molecular flexibility index (Phi) is 6.66. The summed E-state index contributed by atoms with van der Waals surface area (Å²) in [5, 5.41) is 3.94. The monoisotopic (exact) mass is 464 g/mol. The number of nitrogens with one attached hydrogen (secondary N) is 1. The maximum atomic E-state index is 12.5. The number of nitrogens with zero attached hydrogens (tertiary/aromatic N) is 5. The topological polar surface area (TPSA) is 112 Å². The van der Waals surface area contributed by atoms with Gasteiger partial charge in [0.05, 0.1) is 31.2 Å². The van der Waals surface area contributed by atoms with Gasteiger partial charge in [0.2, 0.25) is 17.6 Å². The molecule has 1 aliphatic heterocycles. The van der Waals surface area contributed by atoms with Crippen LogP contribution in [0.15, 0.2) is 36.7 Å². The Morgan fingerprint density at radius 1 is 1.09 bits per heavy atom. The number of carbonyl (C=O) groups excluding carboxylic acids is 1. The van der Waals surface area contributed by atoms with Gasteiger partial charge in [-0.2, -0.15) is 9.97 Å². The van der Waals surface area contributed by atoms with Gasteiger partial charge in [-0.3, -0.25) is 9.78 Å². The number of rotatable bonds is 6. The number of hydrogen-bond acceptors (Lipinski definition) is 9. The maximum Gasteiger partial charge on any atom is 0.289 e. The summed E-state index contributed by atoms with van der Waals surface area (Å²) in [7, 11) is 1.51. The van der Waals surface area contributed by atoms with Crippen LogP contribution in [0.4, 0.5) is 5.82 Å². The van der Waals surface area contributed by atoms with Crippen molar-refractivity contribution in [1.29, 1.82) is 0 Å². The molecule has 4 heterocycles. The first kappa shape index (κ1) is 22.3. The Bertz CT molecular complexity index is 1150. The largest absolute Gasteiger partial charge is 0.481 e. The normalized spacial score (nSPS) is 20.7. The summed E-state index contributed by atoms with van der Waals surface area (Å²) in [4.78, 5) is 32.3. The molecule has 1 N–H and O–H groups in total. The summed E-state index contributed by atoms with van der Waals surface area (Å²) in [6.07, 6.45) is 6.57. The van der Waals surface area contributed by atoms with Gasteiger partial charge >= 0.3 is 0 Å². The highest BCUT2D eigenvalue weighted by Gasteiger charge is 2.26. The molecule has 0 radical (unpaired) electrons. The predicted molar refractivity (Wildman–Crippen MR) is 125 cm³/mol. The minimum Gasteiger partial charge on any atom is -0.481 e. The van der Waals surface area contributed by atoms with E-state index in [9.17, 15) is 4.79 Å². The molecule has 3 aromatic heterocycles.